The van der Waals surface area contributed by atoms with Crippen molar-refractivity contribution in [2.45, 2.75) is 5.92 Å². The lowest BCUT2D eigenvalue weighted by molar-refractivity contribution is 0.414. The Morgan fingerprint density at radius 3 is 2.08 bits per heavy atom. The molecule has 0 radical (unpaired) electrons. The molecule has 0 saturated heterocycles. The molecule has 0 aliphatic rings. The summed E-state index contributed by atoms with van der Waals surface area (Å²) in [6.07, 6.45) is 0. The highest BCUT2D eigenvalue weighted by atomic mass is 35.5. The molecule has 0 bridgehead atoms. The number of rotatable bonds is 4. The van der Waals surface area contributed by atoms with Crippen molar-refractivity contribution >= 4 is 23.2 Å². The van der Waals surface area contributed by atoms with Crippen molar-refractivity contribution in [3.63, 3.8) is 0 Å². The van der Waals surface area contributed by atoms with Crippen molar-refractivity contribution in [1.82, 2.24) is 0 Å². The molecule has 1 aromatic carbocycles. The van der Waals surface area contributed by atoms with Gasteiger partial charge in [-0.3, -0.25) is 0 Å². The van der Waals surface area contributed by atoms with Gasteiger partial charge in [-0.1, -0.05) is 12.1 Å². The summed E-state index contributed by atoms with van der Waals surface area (Å²) in [5, 5.41) is 0. The summed E-state index contributed by atoms with van der Waals surface area (Å²) in [6, 6.07) is 7.82. The number of benzene rings is 1. The Kier molecular flexibility index (Phi) is 4.40. The van der Waals surface area contributed by atoms with Crippen LogP contribution in [-0.2, 0) is 0 Å². The predicted molar refractivity (Wildman–Crippen MR) is 57.2 cm³/mol. The van der Waals surface area contributed by atoms with E-state index >= 15 is 0 Å². The molecule has 1 rings (SSSR count). The summed E-state index contributed by atoms with van der Waals surface area (Å²) in [6.45, 7) is 0. The fraction of sp³-hybridized carbons (Fsp3) is 0.400. The zero-order valence-corrected chi connectivity index (χ0v) is 8.98. The van der Waals surface area contributed by atoms with Crippen LogP contribution in [0.4, 0.5) is 0 Å². The standard InChI is InChI=1S/C10H12Cl2O/c1-13-10-4-2-8(3-5-10)9(6-11)7-12/h2-5,9H,6-7H2,1H3. The third-order valence-electron chi connectivity index (χ3n) is 1.96. The van der Waals surface area contributed by atoms with Crippen LogP contribution in [0, 0.1) is 0 Å². The highest BCUT2D eigenvalue weighted by molar-refractivity contribution is 6.21. The van der Waals surface area contributed by atoms with E-state index in [1.807, 2.05) is 24.3 Å². The lowest BCUT2D eigenvalue weighted by atomic mass is 10.0. The van der Waals surface area contributed by atoms with Crippen LogP contribution < -0.4 is 4.74 Å². The van der Waals surface area contributed by atoms with Crippen molar-refractivity contribution in [2.24, 2.45) is 0 Å². The van der Waals surface area contributed by atoms with E-state index in [2.05, 4.69) is 0 Å². The van der Waals surface area contributed by atoms with E-state index in [-0.39, 0.29) is 5.92 Å². The van der Waals surface area contributed by atoms with E-state index in [1.54, 1.807) is 7.11 Å². The monoisotopic (exact) mass is 218 g/mol. The normalized spacial score (nSPS) is 10.5. The molecule has 0 aliphatic carbocycles. The maximum atomic E-state index is 5.76. The Morgan fingerprint density at radius 2 is 1.69 bits per heavy atom. The van der Waals surface area contributed by atoms with Crippen molar-refractivity contribution in [3.8, 4) is 5.75 Å². The zero-order chi connectivity index (χ0) is 9.68. The highest BCUT2D eigenvalue weighted by Crippen LogP contribution is 2.21. The molecule has 0 heterocycles. The van der Waals surface area contributed by atoms with Gasteiger partial charge in [-0.25, -0.2) is 0 Å². The van der Waals surface area contributed by atoms with E-state index in [0.717, 1.165) is 11.3 Å². The number of alkyl halides is 2. The van der Waals surface area contributed by atoms with Crippen LogP contribution in [0.1, 0.15) is 11.5 Å². The molecule has 3 heteroatoms. The third kappa shape index (κ3) is 2.78. The fourth-order valence-corrected chi connectivity index (χ4v) is 1.78. The smallest absolute Gasteiger partial charge is 0.118 e. The fourth-order valence-electron chi connectivity index (χ4n) is 1.10. The molecule has 0 fully saturated rings. The van der Waals surface area contributed by atoms with Gasteiger partial charge in [0.2, 0.25) is 0 Å². The number of halogens is 2. The molecule has 72 valence electrons. The second-order valence-corrected chi connectivity index (χ2v) is 3.40. The molecule has 1 aromatic rings. The van der Waals surface area contributed by atoms with E-state index < -0.39 is 0 Å². The Bertz CT molecular complexity index is 242. The molecular formula is C10H12Cl2O. The maximum absolute atomic E-state index is 5.76. The van der Waals surface area contributed by atoms with Crippen LogP contribution in [0.15, 0.2) is 24.3 Å². The van der Waals surface area contributed by atoms with Gasteiger partial charge in [-0.2, -0.15) is 0 Å². The largest absolute Gasteiger partial charge is 0.497 e. The lowest BCUT2D eigenvalue weighted by Gasteiger charge is -2.10. The van der Waals surface area contributed by atoms with E-state index in [9.17, 15) is 0 Å². The minimum Gasteiger partial charge on any atom is -0.497 e. The van der Waals surface area contributed by atoms with Gasteiger partial charge in [0.25, 0.3) is 0 Å². The van der Waals surface area contributed by atoms with Crippen molar-refractivity contribution in [1.29, 1.82) is 0 Å². The molecule has 0 saturated carbocycles. The first-order valence-electron chi connectivity index (χ1n) is 4.07. The first-order valence-corrected chi connectivity index (χ1v) is 5.14. The molecule has 0 aromatic heterocycles. The van der Waals surface area contributed by atoms with E-state index in [0.29, 0.717) is 11.8 Å². The first-order chi connectivity index (χ1) is 6.31. The number of hydrogen-bond donors (Lipinski definition) is 0. The van der Waals surface area contributed by atoms with Gasteiger partial charge in [0.1, 0.15) is 5.75 Å². The SMILES string of the molecule is COc1ccc(C(CCl)CCl)cc1. The second kappa shape index (κ2) is 5.36. The minimum absolute atomic E-state index is 0.231. The summed E-state index contributed by atoms with van der Waals surface area (Å²) in [4.78, 5) is 0. The van der Waals surface area contributed by atoms with Gasteiger partial charge in [0.05, 0.1) is 7.11 Å². The minimum atomic E-state index is 0.231. The van der Waals surface area contributed by atoms with Crippen LogP contribution in [0.25, 0.3) is 0 Å². The summed E-state index contributed by atoms with van der Waals surface area (Å²) in [7, 11) is 1.65. The van der Waals surface area contributed by atoms with Crippen LogP contribution in [0.2, 0.25) is 0 Å². The number of methoxy groups -OCH3 is 1. The van der Waals surface area contributed by atoms with Gasteiger partial charge in [-0.15, -0.1) is 23.2 Å². The lowest BCUT2D eigenvalue weighted by Crippen LogP contribution is -2.01. The molecular weight excluding hydrogens is 207 g/mol. The third-order valence-corrected chi connectivity index (χ3v) is 2.70. The van der Waals surface area contributed by atoms with Crippen LogP contribution >= 0.6 is 23.2 Å². The van der Waals surface area contributed by atoms with Crippen LogP contribution in [-0.4, -0.2) is 18.9 Å². The van der Waals surface area contributed by atoms with Crippen molar-refractivity contribution in [3.05, 3.63) is 29.8 Å². The van der Waals surface area contributed by atoms with E-state index in [4.69, 9.17) is 27.9 Å². The molecule has 0 amide bonds. The molecule has 0 spiro atoms. The van der Waals surface area contributed by atoms with Crippen molar-refractivity contribution in [2.75, 3.05) is 18.9 Å². The summed E-state index contributed by atoms with van der Waals surface area (Å²) in [5.74, 6) is 2.19. The first kappa shape index (κ1) is 10.7. The van der Waals surface area contributed by atoms with Gasteiger partial charge in [0.15, 0.2) is 0 Å². The Morgan fingerprint density at radius 1 is 1.15 bits per heavy atom. The Balaban J connectivity index is 2.78. The summed E-state index contributed by atoms with van der Waals surface area (Å²) in [5.41, 5.74) is 1.16. The Hall–Kier alpha value is -0.400. The van der Waals surface area contributed by atoms with E-state index in [1.165, 1.54) is 0 Å². The number of hydrogen-bond acceptors (Lipinski definition) is 1. The van der Waals surface area contributed by atoms with Crippen LogP contribution in [0.3, 0.4) is 0 Å². The second-order valence-electron chi connectivity index (χ2n) is 2.78. The predicted octanol–water partition coefficient (Wildman–Crippen LogP) is 3.26. The summed E-state index contributed by atoms with van der Waals surface area (Å²) < 4.78 is 5.05. The average molecular weight is 219 g/mol. The highest BCUT2D eigenvalue weighted by Gasteiger charge is 2.08. The van der Waals surface area contributed by atoms with Gasteiger partial charge in [0, 0.05) is 17.7 Å². The topological polar surface area (TPSA) is 9.23 Å². The molecule has 0 aliphatic heterocycles. The quantitative estimate of drug-likeness (QED) is 0.706. The molecule has 1 nitrogen and oxygen atoms in total. The average Bonchev–Trinajstić information content (AvgIpc) is 2.21. The molecule has 0 N–H and O–H groups in total. The number of ether oxygens (including phenoxy) is 1. The van der Waals surface area contributed by atoms with Crippen LogP contribution in [0.5, 0.6) is 5.75 Å². The zero-order valence-electron chi connectivity index (χ0n) is 7.47. The summed E-state index contributed by atoms with van der Waals surface area (Å²) >= 11 is 11.5. The molecule has 0 atom stereocenters. The molecule has 13 heavy (non-hydrogen) atoms. The van der Waals surface area contributed by atoms with Gasteiger partial charge in [-0.05, 0) is 17.7 Å². The van der Waals surface area contributed by atoms with Gasteiger partial charge >= 0.3 is 0 Å². The van der Waals surface area contributed by atoms with Crippen molar-refractivity contribution < 1.29 is 4.74 Å². The van der Waals surface area contributed by atoms with Gasteiger partial charge < -0.3 is 4.74 Å². The molecule has 0 unspecified atom stereocenters. The Labute approximate surface area is 88.6 Å². The maximum Gasteiger partial charge on any atom is 0.118 e.